The van der Waals surface area contributed by atoms with Gasteiger partial charge in [0.25, 0.3) is 0 Å². The largest absolute Gasteiger partial charge is 0.508 e. The molecule has 3 rings (SSSR count). The summed E-state index contributed by atoms with van der Waals surface area (Å²) in [5.41, 5.74) is 3.15. The van der Waals surface area contributed by atoms with E-state index in [4.69, 9.17) is 4.74 Å². The molecule has 1 N–H and O–H groups in total. The number of aromatic hydroxyl groups is 1. The number of phenolic OH excluding ortho intramolecular Hbond substituents is 1. The quantitative estimate of drug-likeness (QED) is 0.173. The van der Waals surface area contributed by atoms with Crippen LogP contribution >= 0.6 is 0 Å². The van der Waals surface area contributed by atoms with Crippen LogP contribution in [0.15, 0.2) is 48.8 Å². The minimum absolute atomic E-state index is 0.196. The van der Waals surface area contributed by atoms with Crippen molar-refractivity contribution in [2.45, 2.75) is 105 Å². The molecule has 2 heterocycles. The normalized spacial score (nSPS) is 11.9. The Morgan fingerprint density at radius 3 is 2.05 bits per heavy atom. The van der Waals surface area contributed by atoms with Gasteiger partial charge in [-0.05, 0) is 54.7 Å². The van der Waals surface area contributed by atoms with Gasteiger partial charge in [-0.15, -0.1) is 0 Å². The maximum absolute atomic E-state index is 13.0. The molecule has 0 saturated heterocycles. The summed E-state index contributed by atoms with van der Waals surface area (Å²) in [5.74, 6) is 0.763. The molecule has 0 fully saturated rings. The Bertz CT molecular complexity index is 1090. The monoisotopic (exact) mass is 541 g/mol. The molecule has 3 aromatic rings. The molecule has 0 bridgehead atoms. The lowest BCUT2D eigenvalue weighted by Crippen LogP contribution is -2.05. The van der Waals surface area contributed by atoms with Crippen molar-refractivity contribution in [2.75, 3.05) is 6.61 Å². The summed E-state index contributed by atoms with van der Waals surface area (Å²) in [4.78, 5) is 8.97. The highest BCUT2D eigenvalue weighted by Crippen LogP contribution is 2.25. The van der Waals surface area contributed by atoms with Gasteiger partial charge in [-0.1, -0.05) is 72.1 Å². The summed E-state index contributed by atoms with van der Waals surface area (Å²) < 4.78 is 33.7. The van der Waals surface area contributed by atoms with Crippen LogP contribution in [0.5, 0.6) is 5.75 Å². The standard InChI is InChI=1S/C32H45F2N3O2/c1-32(2,3)19-11-9-7-5-4-6-8-10-12-20-39-24-37-23-27(21-30(33)34)36-31(37)26-15-18-29(35-22-26)25-13-16-28(38)17-14-25/h13-18,22-23,30,38H,4-12,19-21,24H2,1-3H3. The molecule has 0 atom stereocenters. The van der Waals surface area contributed by atoms with Crippen LogP contribution in [0.3, 0.4) is 0 Å². The molecule has 0 aliphatic rings. The summed E-state index contributed by atoms with van der Waals surface area (Å²) in [7, 11) is 0. The molecule has 0 saturated carbocycles. The molecule has 0 aliphatic carbocycles. The van der Waals surface area contributed by atoms with Gasteiger partial charge in [0.05, 0.1) is 17.8 Å². The van der Waals surface area contributed by atoms with E-state index in [9.17, 15) is 13.9 Å². The molecule has 39 heavy (non-hydrogen) atoms. The third kappa shape index (κ3) is 11.5. The van der Waals surface area contributed by atoms with E-state index in [1.807, 2.05) is 12.1 Å². The summed E-state index contributed by atoms with van der Waals surface area (Å²) in [5, 5.41) is 9.50. The van der Waals surface area contributed by atoms with Gasteiger partial charge in [0.15, 0.2) is 0 Å². The number of ether oxygens (including phenoxy) is 1. The molecule has 214 valence electrons. The van der Waals surface area contributed by atoms with Crippen LogP contribution in [0, 0.1) is 5.41 Å². The van der Waals surface area contributed by atoms with Crippen molar-refractivity contribution in [2.24, 2.45) is 5.41 Å². The molecule has 5 nitrogen and oxygen atoms in total. The Morgan fingerprint density at radius 1 is 0.846 bits per heavy atom. The zero-order valence-corrected chi connectivity index (χ0v) is 23.8. The number of halogens is 2. The lowest BCUT2D eigenvalue weighted by Gasteiger charge is -2.17. The van der Waals surface area contributed by atoms with Gasteiger partial charge < -0.3 is 14.4 Å². The second-order valence-electron chi connectivity index (χ2n) is 11.6. The van der Waals surface area contributed by atoms with Crippen molar-refractivity contribution in [1.82, 2.24) is 14.5 Å². The van der Waals surface area contributed by atoms with Crippen LogP contribution in [0.1, 0.15) is 90.7 Å². The van der Waals surface area contributed by atoms with Crippen molar-refractivity contribution >= 4 is 0 Å². The predicted molar refractivity (Wildman–Crippen MR) is 154 cm³/mol. The zero-order valence-electron chi connectivity index (χ0n) is 23.8. The number of nitrogens with zero attached hydrogens (tertiary/aromatic N) is 3. The predicted octanol–water partition coefficient (Wildman–Crippen LogP) is 9.05. The smallest absolute Gasteiger partial charge is 0.244 e. The third-order valence-corrected chi connectivity index (χ3v) is 6.82. The van der Waals surface area contributed by atoms with E-state index in [1.54, 1.807) is 41.2 Å². The van der Waals surface area contributed by atoms with E-state index in [1.165, 1.54) is 51.4 Å². The van der Waals surface area contributed by atoms with Crippen LogP contribution < -0.4 is 0 Å². The van der Waals surface area contributed by atoms with Gasteiger partial charge in [0.1, 0.15) is 18.3 Å². The van der Waals surface area contributed by atoms with E-state index in [-0.39, 0.29) is 12.5 Å². The molecule has 0 amide bonds. The molecule has 0 unspecified atom stereocenters. The van der Waals surface area contributed by atoms with E-state index in [2.05, 4.69) is 30.7 Å². The van der Waals surface area contributed by atoms with Crippen LogP contribution in [0.2, 0.25) is 0 Å². The van der Waals surface area contributed by atoms with E-state index in [0.29, 0.717) is 23.5 Å². The van der Waals surface area contributed by atoms with Crippen molar-refractivity contribution in [3.05, 3.63) is 54.5 Å². The first-order chi connectivity index (χ1) is 18.7. The highest BCUT2D eigenvalue weighted by Gasteiger charge is 2.15. The van der Waals surface area contributed by atoms with Crippen molar-refractivity contribution in [1.29, 1.82) is 0 Å². The molecule has 0 aliphatic heterocycles. The third-order valence-electron chi connectivity index (χ3n) is 6.82. The number of aromatic nitrogens is 3. The van der Waals surface area contributed by atoms with Gasteiger partial charge in [0, 0.05) is 30.1 Å². The Balaban J connectivity index is 1.41. The van der Waals surface area contributed by atoms with Crippen molar-refractivity contribution in [3.63, 3.8) is 0 Å². The van der Waals surface area contributed by atoms with Crippen molar-refractivity contribution in [3.8, 4) is 28.4 Å². The van der Waals surface area contributed by atoms with Crippen LogP contribution in [-0.2, 0) is 17.9 Å². The minimum Gasteiger partial charge on any atom is -0.508 e. The fourth-order valence-corrected chi connectivity index (χ4v) is 4.64. The van der Waals surface area contributed by atoms with Gasteiger partial charge in [-0.25, -0.2) is 13.8 Å². The van der Waals surface area contributed by atoms with Crippen LogP contribution in [0.4, 0.5) is 8.78 Å². The van der Waals surface area contributed by atoms with E-state index >= 15 is 0 Å². The Kier molecular flexibility index (Phi) is 12.4. The molecular weight excluding hydrogens is 496 g/mol. The minimum atomic E-state index is -2.46. The number of hydrogen-bond donors (Lipinski definition) is 1. The fourth-order valence-electron chi connectivity index (χ4n) is 4.64. The Labute approximate surface area is 232 Å². The average Bonchev–Trinajstić information content (AvgIpc) is 3.28. The van der Waals surface area contributed by atoms with Gasteiger partial charge in [0.2, 0.25) is 6.43 Å². The molecule has 0 spiro atoms. The van der Waals surface area contributed by atoms with Gasteiger partial charge in [-0.2, -0.15) is 0 Å². The summed E-state index contributed by atoms with van der Waals surface area (Å²) in [6.45, 7) is 7.83. The number of unbranched alkanes of at least 4 members (excludes halogenated alkanes) is 8. The SMILES string of the molecule is CC(C)(C)CCCCCCCCCCCOCn1cc(CC(F)F)nc1-c1ccc(-c2ccc(O)cc2)nc1. The van der Waals surface area contributed by atoms with Crippen LogP contribution in [-0.4, -0.2) is 32.7 Å². The number of alkyl halides is 2. The number of imidazole rings is 1. The molecule has 0 radical (unpaired) electrons. The van der Waals surface area contributed by atoms with Gasteiger partial charge >= 0.3 is 0 Å². The topological polar surface area (TPSA) is 60.2 Å². The van der Waals surface area contributed by atoms with Crippen LogP contribution in [0.25, 0.3) is 22.6 Å². The lowest BCUT2D eigenvalue weighted by molar-refractivity contribution is 0.0747. The fraction of sp³-hybridized carbons (Fsp3) is 0.562. The van der Waals surface area contributed by atoms with E-state index in [0.717, 1.165) is 29.7 Å². The molecule has 1 aromatic carbocycles. The molecule has 7 heteroatoms. The number of pyridine rings is 1. The van der Waals surface area contributed by atoms with Gasteiger partial charge in [-0.3, -0.25) is 4.98 Å². The molecular formula is C32H45F2N3O2. The summed E-state index contributed by atoms with van der Waals surface area (Å²) >= 11 is 0. The maximum Gasteiger partial charge on any atom is 0.244 e. The first-order valence-corrected chi connectivity index (χ1v) is 14.4. The Morgan fingerprint density at radius 2 is 1.46 bits per heavy atom. The van der Waals surface area contributed by atoms with Crippen molar-refractivity contribution < 1.29 is 18.6 Å². The second kappa shape index (κ2) is 15.7. The average molecular weight is 542 g/mol. The number of benzene rings is 1. The first kappa shape index (κ1) is 30.7. The Hall–Kier alpha value is -2.80. The van der Waals surface area contributed by atoms with E-state index < -0.39 is 12.8 Å². The highest BCUT2D eigenvalue weighted by molar-refractivity contribution is 5.64. The lowest BCUT2D eigenvalue weighted by atomic mass is 9.89. The summed E-state index contributed by atoms with van der Waals surface area (Å²) in [6.07, 6.45) is 13.1. The number of rotatable bonds is 17. The molecule has 2 aromatic heterocycles. The maximum atomic E-state index is 13.0. The number of phenols is 1. The number of hydrogen-bond acceptors (Lipinski definition) is 4. The summed E-state index contributed by atoms with van der Waals surface area (Å²) in [6, 6.07) is 10.6. The second-order valence-corrected chi connectivity index (χ2v) is 11.6. The first-order valence-electron chi connectivity index (χ1n) is 14.4. The highest BCUT2D eigenvalue weighted by atomic mass is 19.3. The zero-order chi connectivity index (χ0) is 28.1.